The Balaban J connectivity index is 1.90. The number of allylic oxidation sites excluding steroid dienone is 2. The van der Waals surface area contributed by atoms with Crippen molar-refractivity contribution in [1.29, 1.82) is 0 Å². The molecule has 0 aliphatic carbocycles. The maximum absolute atomic E-state index is 9.37. The fraction of sp³-hybridized carbons (Fsp3) is 0.875. The standard InChI is InChI=1S/C24H47N2O/c1-3-5-6-7-8-9-10-11-12-13-14-15-16-17-18-19-24-25-20-21-26(24,4-2)22-23-27/h6-7,20,24,27H,3-5,8-19,21-23H2,1-2H3/q+1/b7-6+. The number of hydrogen-bond acceptors (Lipinski definition) is 2. The first kappa shape index (κ1) is 24.4. The van der Waals surface area contributed by atoms with E-state index < -0.39 is 0 Å². The lowest BCUT2D eigenvalue weighted by atomic mass is 10.0. The highest BCUT2D eigenvalue weighted by Crippen LogP contribution is 2.24. The SMILES string of the molecule is CCC/C=C/CCCCCCCCCCCCC1N=CC[N+]1(CC)CCO. The second kappa shape index (κ2) is 16.3. The number of hydrogen-bond donors (Lipinski definition) is 1. The van der Waals surface area contributed by atoms with E-state index in [1.54, 1.807) is 0 Å². The highest BCUT2D eigenvalue weighted by molar-refractivity contribution is 5.60. The Labute approximate surface area is 169 Å². The van der Waals surface area contributed by atoms with E-state index in [1.807, 2.05) is 0 Å². The maximum Gasteiger partial charge on any atom is 0.182 e. The lowest BCUT2D eigenvalue weighted by Gasteiger charge is -2.37. The van der Waals surface area contributed by atoms with Crippen LogP contribution >= 0.6 is 0 Å². The Morgan fingerprint density at radius 3 is 2.07 bits per heavy atom. The van der Waals surface area contributed by atoms with Gasteiger partial charge >= 0.3 is 0 Å². The van der Waals surface area contributed by atoms with Crippen LogP contribution in [0.5, 0.6) is 0 Å². The van der Waals surface area contributed by atoms with Crippen LogP contribution in [-0.2, 0) is 0 Å². The van der Waals surface area contributed by atoms with Crippen molar-refractivity contribution in [3.8, 4) is 0 Å². The topological polar surface area (TPSA) is 32.6 Å². The lowest BCUT2D eigenvalue weighted by molar-refractivity contribution is -0.936. The van der Waals surface area contributed by atoms with Crippen molar-refractivity contribution in [3.63, 3.8) is 0 Å². The molecule has 158 valence electrons. The zero-order valence-electron chi connectivity index (χ0n) is 18.4. The van der Waals surface area contributed by atoms with Crippen LogP contribution in [0, 0.1) is 0 Å². The van der Waals surface area contributed by atoms with Crippen molar-refractivity contribution in [3.05, 3.63) is 12.2 Å². The van der Waals surface area contributed by atoms with Crippen LogP contribution in [0.1, 0.15) is 104 Å². The van der Waals surface area contributed by atoms with Crippen LogP contribution in [0.4, 0.5) is 0 Å². The van der Waals surface area contributed by atoms with E-state index in [9.17, 15) is 5.11 Å². The van der Waals surface area contributed by atoms with Crippen LogP contribution in [0.15, 0.2) is 17.1 Å². The molecule has 1 aliphatic heterocycles. The van der Waals surface area contributed by atoms with Gasteiger partial charge in [-0.2, -0.15) is 0 Å². The summed E-state index contributed by atoms with van der Waals surface area (Å²) in [6.07, 6.45) is 26.1. The predicted molar refractivity (Wildman–Crippen MR) is 119 cm³/mol. The van der Waals surface area contributed by atoms with Crippen LogP contribution < -0.4 is 0 Å². The number of quaternary nitrogens is 1. The molecule has 2 atom stereocenters. The third-order valence-corrected chi connectivity index (χ3v) is 6.24. The third kappa shape index (κ3) is 10.4. The number of unbranched alkanes of at least 4 members (excludes halogenated alkanes) is 11. The molecule has 1 aliphatic rings. The van der Waals surface area contributed by atoms with Gasteiger partial charge in [0, 0.05) is 6.42 Å². The fourth-order valence-corrected chi connectivity index (χ4v) is 4.29. The second-order valence-corrected chi connectivity index (χ2v) is 8.35. The summed E-state index contributed by atoms with van der Waals surface area (Å²) in [4.78, 5) is 4.71. The molecule has 1 rings (SSSR count). The summed E-state index contributed by atoms with van der Waals surface area (Å²) in [5.41, 5.74) is 0. The van der Waals surface area contributed by atoms with Gasteiger partial charge in [-0.3, -0.25) is 4.48 Å². The van der Waals surface area contributed by atoms with Gasteiger partial charge in [0.25, 0.3) is 0 Å². The Bertz CT molecular complexity index is 394. The van der Waals surface area contributed by atoms with E-state index in [0.717, 1.165) is 24.1 Å². The Hall–Kier alpha value is -0.670. The zero-order chi connectivity index (χ0) is 19.6. The molecule has 0 fully saturated rings. The van der Waals surface area contributed by atoms with Gasteiger partial charge in [0.05, 0.1) is 19.4 Å². The van der Waals surface area contributed by atoms with Crippen LogP contribution in [-0.4, -0.2) is 48.2 Å². The summed E-state index contributed by atoms with van der Waals surface area (Å²) in [5, 5.41) is 9.37. The molecule has 1 N–H and O–H groups in total. The summed E-state index contributed by atoms with van der Waals surface area (Å²) >= 11 is 0. The quantitative estimate of drug-likeness (QED) is 0.170. The molecule has 3 nitrogen and oxygen atoms in total. The molecule has 27 heavy (non-hydrogen) atoms. The molecule has 0 aromatic carbocycles. The number of rotatable bonds is 18. The van der Waals surface area contributed by atoms with Crippen LogP contribution in [0.3, 0.4) is 0 Å². The van der Waals surface area contributed by atoms with Gasteiger partial charge < -0.3 is 5.11 Å². The molecule has 0 bridgehead atoms. The minimum Gasteiger partial charge on any atom is -0.391 e. The smallest absolute Gasteiger partial charge is 0.182 e. The average Bonchev–Trinajstić information content (AvgIpc) is 3.08. The summed E-state index contributed by atoms with van der Waals surface area (Å²) in [5.74, 6) is 0. The van der Waals surface area contributed by atoms with E-state index >= 15 is 0 Å². The van der Waals surface area contributed by atoms with Gasteiger partial charge in [-0.15, -0.1) is 0 Å². The van der Waals surface area contributed by atoms with Crippen molar-refractivity contribution < 1.29 is 9.59 Å². The largest absolute Gasteiger partial charge is 0.391 e. The Kier molecular flexibility index (Phi) is 14.7. The van der Waals surface area contributed by atoms with E-state index in [4.69, 9.17) is 4.99 Å². The fourth-order valence-electron chi connectivity index (χ4n) is 4.29. The molecule has 0 saturated carbocycles. The predicted octanol–water partition coefficient (Wildman–Crippen LogP) is 6.26. The van der Waals surface area contributed by atoms with Crippen molar-refractivity contribution >= 4 is 6.21 Å². The van der Waals surface area contributed by atoms with Gasteiger partial charge in [-0.25, -0.2) is 4.99 Å². The number of aliphatic hydroxyl groups excluding tert-OH is 1. The molecular formula is C24H47N2O+. The maximum atomic E-state index is 9.37. The van der Waals surface area contributed by atoms with Crippen molar-refractivity contribution in [1.82, 2.24) is 0 Å². The highest BCUT2D eigenvalue weighted by Gasteiger charge is 2.36. The summed E-state index contributed by atoms with van der Waals surface area (Å²) < 4.78 is 0.977. The molecule has 3 heteroatoms. The molecule has 1 heterocycles. The molecule has 0 aromatic rings. The molecule has 0 saturated heterocycles. The van der Waals surface area contributed by atoms with Crippen molar-refractivity contribution in [2.45, 2.75) is 110 Å². The first-order valence-corrected chi connectivity index (χ1v) is 11.9. The zero-order valence-corrected chi connectivity index (χ0v) is 18.4. The van der Waals surface area contributed by atoms with Gasteiger partial charge in [-0.05, 0) is 32.6 Å². The van der Waals surface area contributed by atoms with E-state index in [1.165, 1.54) is 89.9 Å². The molecule has 2 unspecified atom stereocenters. The van der Waals surface area contributed by atoms with E-state index in [2.05, 4.69) is 32.2 Å². The monoisotopic (exact) mass is 379 g/mol. The van der Waals surface area contributed by atoms with Crippen LogP contribution in [0.25, 0.3) is 0 Å². The average molecular weight is 380 g/mol. The molecule has 0 radical (unpaired) electrons. The van der Waals surface area contributed by atoms with Crippen molar-refractivity contribution in [2.75, 3.05) is 26.2 Å². The minimum atomic E-state index is 0.281. The minimum absolute atomic E-state index is 0.281. The Morgan fingerprint density at radius 2 is 1.48 bits per heavy atom. The Morgan fingerprint density at radius 1 is 0.889 bits per heavy atom. The molecule has 0 amide bonds. The van der Waals surface area contributed by atoms with Gasteiger partial charge in [0.1, 0.15) is 13.1 Å². The number of nitrogens with zero attached hydrogens (tertiary/aromatic N) is 2. The molecule has 0 spiro atoms. The van der Waals surface area contributed by atoms with Crippen molar-refractivity contribution in [2.24, 2.45) is 4.99 Å². The summed E-state index contributed by atoms with van der Waals surface area (Å²) in [6, 6.07) is 0. The second-order valence-electron chi connectivity index (χ2n) is 8.35. The molecule has 0 aromatic heterocycles. The normalized spacial score (nSPS) is 22.3. The summed E-state index contributed by atoms with van der Waals surface area (Å²) in [6.45, 7) is 7.71. The van der Waals surface area contributed by atoms with E-state index in [0.29, 0.717) is 6.17 Å². The van der Waals surface area contributed by atoms with Gasteiger partial charge in [-0.1, -0.05) is 76.9 Å². The lowest BCUT2D eigenvalue weighted by Crippen LogP contribution is -2.53. The first-order valence-electron chi connectivity index (χ1n) is 11.9. The number of likely N-dealkylation sites (N-methyl/N-ethyl adjacent to an activating group) is 1. The van der Waals surface area contributed by atoms with E-state index in [-0.39, 0.29) is 6.61 Å². The first-order chi connectivity index (χ1) is 13.3. The highest BCUT2D eigenvalue weighted by atomic mass is 16.3. The van der Waals surface area contributed by atoms with Crippen LogP contribution in [0.2, 0.25) is 0 Å². The summed E-state index contributed by atoms with van der Waals surface area (Å²) in [7, 11) is 0. The van der Waals surface area contributed by atoms with Gasteiger partial charge in [0.15, 0.2) is 6.17 Å². The number of aliphatic imine (C=N–C) groups is 1. The third-order valence-electron chi connectivity index (χ3n) is 6.24. The molecular weight excluding hydrogens is 332 g/mol. The number of aliphatic hydroxyl groups is 1. The van der Waals surface area contributed by atoms with Gasteiger partial charge in [0.2, 0.25) is 0 Å².